The Bertz CT molecular complexity index is 597. The second-order valence-electron chi connectivity index (χ2n) is 5.77. The molecule has 0 spiro atoms. The molecule has 5 nitrogen and oxygen atoms in total. The zero-order valence-corrected chi connectivity index (χ0v) is 11.6. The maximum Gasteiger partial charge on any atom is 0.162 e. The van der Waals surface area contributed by atoms with Crippen LogP contribution >= 0.6 is 0 Å². The molecule has 20 heavy (non-hydrogen) atoms. The number of pyridine rings is 1. The fourth-order valence-electron chi connectivity index (χ4n) is 3.33. The first kappa shape index (κ1) is 12.3. The minimum absolute atomic E-state index is 0.124. The van der Waals surface area contributed by atoms with Crippen molar-refractivity contribution in [1.29, 1.82) is 0 Å². The molecule has 2 aromatic rings. The number of nitrogens with zero attached hydrogens (tertiary/aromatic N) is 3. The second kappa shape index (κ2) is 5.14. The number of ether oxygens (including phenoxy) is 1. The van der Waals surface area contributed by atoms with E-state index in [1.165, 1.54) is 6.42 Å². The molecule has 0 bridgehead atoms. The van der Waals surface area contributed by atoms with Crippen LogP contribution in [0.2, 0.25) is 0 Å². The highest BCUT2D eigenvalue weighted by molar-refractivity contribution is 5.71. The summed E-state index contributed by atoms with van der Waals surface area (Å²) in [7, 11) is 0. The zero-order valence-electron chi connectivity index (χ0n) is 11.6. The Morgan fingerprint density at radius 1 is 1.40 bits per heavy atom. The summed E-state index contributed by atoms with van der Waals surface area (Å²) in [5.41, 5.74) is 1.96. The van der Waals surface area contributed by atoms with Gasteiger partial charge in [0.2, 0.25) is 0 Å². The first-order valence-corrected chi connectivity index (χ1v) is 7.56. The number of rotatable bonds is 3. The van der Waals surface area contributed by atoms with E-state index in [1.54, 1.807) is 0 Å². The van der Waals surface area contributed by atoms with Crippen molar-refractivity contribution < 1.29 is 4.74 Å². The van der Waals surface area contributed by atoms with Gasteiger partial charge in [-0.05, 0) is 50.4 Å². The predicted molar refractivity (Wildman–Crippen MR) is 76.4 cm³/mol. The lowest BCUT2D eigenvalue weighted by Gasteiger charge is -2.17. The van der Waals surface area contributed by atoms with E-state index in [4.69, 9.17) is 9.72 Å². The van der Waals surface area contributed by atoms with Crippen LogP contribution < -0.4 is 5.32 Å². The van der Waals surface area contributed by atoms with Crippen LogP contribution in [0, 0.1) is 5.92 Å². The van der Waals surface area contributed by atoms with Crippen LogP contribution in [0.25, 0.3) is 11.2 Å². The molecule has 0 radical (unpaired) electrons. The van der Waals surface area contributed by atoms with Crippen molar-refractivity contribution in [3.63, 3.8) is 0 Å². The summed E-state index contributed by atoms with van der Waals surface area (Å²) in [5, 5.41) is 3.43. The Hall–Kier alpha value is -1.46. The van der Waals surface area contributed by atoms with E-state index >= 15 is 0 Å². The molecular formula is C15H20N4O. The Morgan fingerprint density at radius 2 is 2.40 bits per heavy atom. The monoisotopic (exact) mass is 272 g/mol. The van der Waals surface area contributed by atoms with Gasteiger partial charge in [0, 0.05) is 19.2 Å². The molecule has 2 aliphatic rings. The van der Waals surface area contributed by atoms with Crippen molar-refractivity contribution in [2.75, 3.05) is 19.7 Å². The highest BCUT2D eigenvalue weighted by atomic mass is 16.5. The van der Waals surface area contributed by atoms with E-state index < -0.39 is 0 Å². The SMILES string of the molecule is c1cnc2c(c1)nc(CC1CCNC1)n2C1CCCO1. The van der Waals surface area contributed by atoms with Gasteiger partial charge in [0.25, 0.3) is 0 Å². The lowest BCUT2D eigenvalue weighted by molar-refractivity contribution is 0.0567. The lowest BCUT2D eigenvalue weighted by Crippen LogP contribution is -2.16. The fourth-order valence-corrected chi connectivity index (χ4v) is 3.33. The van der Waals surface area contributed by atoms with Crippen LogP contribution in [-0.4, -0.2) is 34.2 Å². The molecule has 0 aliphatic carbocycles. The molecule has 4 heterocycles. The van der Waals surface area contributed by atoms with E-state index in [1.807, 2.05) is 18.3 Å². The minimum atomic E-state index is 0.124. The molecule has 1 N–H and O–H groups in total. The molecule has 4 rings (SSSR count). The molecule has 2 atom stereocenters. The van der Waals surface area contributed by atoms with Gasteiger partial charge in [-0.25, -0.2) is 9.97 Å². The van der Waals surface area contributed by atoms with Crippen LogP contribution in [0.1, 0.15) is 31.3 Å². The molecule has 2 fully saturated rings. The maximum absolute atomic E-state index is 5.88. The van der Waals surface area contributed by atoms with E-state index in [0.29, 0.717) is 5.92 Å². The van der Waals surface area contributed by atoms with E-state index in [0.717, 1.165) is 55.9 Å². The molecule has 0 aromatic carbocycles. The van der Waals surface area contributed by atoms with E-state index in [2.05, 4.69) is 14.9 Å². The molecule has 0 saturated carbocycles. The Balaban J connectivity index is 1.74. The topological polar surface area (TPSA) is 52.0 Å². The molecule has 0 amide bonds. The summed E-state index contributed by atoms with van der Waals surface area (Å²) in [6.45, 7) is 3.08. The zero-order chi connectivity index (χ0) is 13.4. The van der Waals surface area contributed by atoms with Gasteiger partial charge < -0.3 is 10.1 Å². The van der Waals surface area contributed by atoms with Gasteiger partial charge in [0.05, 0.1) is 0 Å². The second-order valence-corrected chi connectivity index (χ2v) is 5.77. The van der Waals surface area contributed by atoms with Crippen LogP contribution in [0.3, 0.4) is 0 Å². The molecule has 2 saturated heterocycles. The van der Waals surface area contributed by atoms with Gasteiger partial charge in [-0.3, -0.25) is 4.57 Å². The average molecular weight is 272 g/mol. The van der Waals surface area contributed by atoms with Crippen LogP contribution in [0.5, 0.6) is 0 Å². The molecule has 2 aromatic heterocycles. The van der Waals surface area contributed by atoms with Crippen LogP contribution in [0.15, 0.2) is 18.3 Å². The summed E-state index contributed by atoms with van der Waals surface area (Å²) in [6, 6.07) is 4.00. The predicted octanol–water partition coefficient (Wildman–Crippen LogP) is 1.89. The van der Waals surface area contributed by atoms with Gasteiger partial charge in [-0.15, -0.1) is 0 Å². The summed E-state index contributed by atoms with van der Waals surface area (Å²) in [5.74, 6) is 1.83. The lowest BCUT2D eigenvalue weighted by atomic mass is 10.0. The molecule has 2 aliphatic heterocycles. The fraction of sp³-hybridized carbons (Fsp3) is 0.600. The van der Waals surface area contributed by atoms with Crippen molar-refractivity contribution in [2.24, 2.45) is 5.92 Å². The summed E-state index contributed by atoms with van der Waals surface area (Å²) < 4.78 is 8.11. The van der Waals surface area contributed by atoms with Crippen molar-refractivity contribution in [3.05, 3.63) is 24.2 Å². The highest BCUT2D eigenvalue weighted by Crippen LogP contribution is 2.29. The van der Waals surface area contributed by atoms with Crippen molar-refractivity contribution in [3.8, 4) is 0 Å². The van der Waals surface area contributed by atoms with E-state index in [-0.39, 0.29) is 6.23 Å². The van der Waals surface area contributed by atoms with Crippen molar-refractivity contribution in [1.82, 2.24) is 19.9 Å². The van der Waals surface area contributed by atoms with E-state index in [9.17, 15) is 0 Å². The number of hydrogen-bond donors (Lipinski definition) is 1. The third-order valence-electron chi connectivity index (χ3n) is 4.35. The van der Waals surface area contributed by atoms with Crippen LogP contribution in [0.4, 0.5) is 0 Å². The third-order valence-corrected chi connectivity index (χ3v) is 4.35. The van der Waals surface area contributed by atoms with Gasteiger partial charge in [0.1, 0.15) is 17.6 Å². The Kier molecular flexibility index (Phi) is 3.16. The standard InChI is InChI=1S/C15H20N4O/c1-3-12-15(17-6-1)19(14-4-2-8-20-14)13(18-12)9-11-5-7-16-10-11/h1,3,6,11,14,16H,2,4-5,7-10H2. The Labute approximate surface area is 118 Å². The normalized spacial score (nSPS) is 26.6. The molecule has 5 heteroatoms. The molecular weight excluding hydrogens is 252 g/mol. The van der Waals surface area contributed by atoms with Crippen molar-refractivity contribution in [2.45, 2.75) is 31.9 Å². The Morgan fingerprint density at radius 3 is 3.20 bits per heavy atom. The summed E-state index contributed by atoms with van der Waals surface area (Å²) in [4.78, 5) is 9.34. The van der Waals surface area contributed by atoms with Gasteiger partial charge in [-0.1, -0.05) is 0 Å². The van der Waals surface area contributed by atoms with Gasteiger partial charge in [0.15, 0.2) is 5.65 Å². The molecule has 106 valence electrons. The largest absolute Gasteiger partial charge is 0.358 e. The minimum Gasteiger partial charge on any atom is -0.358 e. The number of aromatic nitrogens is 3. The smallest absolute Gasteiger partial charge is 0.162 e. The van der Waals surface area contributed by atoms with Crippen LogP contribution in [-0.2, 0) is 11.2 Å². The molecule has 2 unspecified atom stereocenters. The average Bonchev–Trinajstić information content (AvgIpc) is 3.18. The van der Waals surface area contributed by atoms with Gasteiger partial charge in [-0.2, -0.15) is 0 Å². The van der Waals surface area contributed by atoms with Gasteiger partial charge >= 0.3 is 0 Å². The quantitative estimate of drug-likeness (QED) is 0.927. The number of hydrogen-bond acceptors (Lipinski definition) is 4. The highest BCUT2D eigenvalue weighted by Gasteiger charge is 2.26. The first-order valence-electron chi connectivity index (χ1n) is 7.56. The first-order chi connectivity index (χ1) is 9.92. The van der Waals surface area contributed by atoms with Crippen molar-refractivity contribution >= 4 is 11.2 Å². The summed E-state index contributed by atoms with van der Waals surface area (Å²) >= 11 is 0. The summed E-state index contributed by atoms with van der Waals surface area (Å²) in [6.07, 6.45) is 6.42. The number of imidazole rings is 1. The number of nitrogens with one attached hydrogen (secondary N) is 1. The third kappa shape index (κ3) is 2.11. The number of fused-ring (bicyclic) bond motifs is 1. The maximum atomic E-state index is 5.88.